The molecule has 1 unspecified atom stereocenters. The number of halogens is 1. The lowest BCUT2D eigenvalue weighted by atomic mass is 10.1. The van der Waals surface area contributed by atoms with Crippen molar-refractivity contribution in [1.82, 2.24) is 5.32 Å². The molecule has 0 radical (unpaired) electrons. The molecule has 0 saturated heterocycles. The Bertz CT molecular complexity index is 391. The van der Waals surface area contributed by atoms with Gasteiger partial charge in [-0.2, -0.15) is 0 Å². The van der Waals surface area contributed by atoms with Crippen molar-refractivity contribution in [2.24, 2.45) is 0 Å². The summed E-state index contributed by atoms with van der Waals surface area (Å²) >= 11 is 3.32. The van der Waals surface area contributed by atoms with Gasteiger partial charge in [0.05, 0.1) is 12.7 Å². The summed E-state index contributed by atoms with van der Waals surface area (Å²) in [7, 11) is 1.52. The Morgan fingerprint density at radius 2 is 2.29 bits per heavy atom. The van der Waals surface area contributed by atoms with E-state index in [1.54, 1.807) is 6.07 Å². The van der Waals surface area contributed by atoms with E-state index in [-0.39, 0.29) is 23.3 Å². The Morgan fingerprint density at radius 1 is 1.59 bits per heavy atom. The van der Waals surface area contributed by atoms with Gasteiger partial charge in [-0.1, -0.05) is 22.9 Å². The van der Waals surface area contributed by atoms with E-state index in [2.05, 4.69) is 21.2 Å². The number of hydrogen-bond acceptors (Lipinski definition) is 3. The Morgan fingerprint density at radius 3 is 2.82 bits per heavy atom. The van der Waals surface area contributed by atoms with Crippen LogP contribution in [0.5, 0.6) is 11.5 Å². The second-order valence-corrected chi connectivity index (χ2v) is 4.26. The first-order chi connectivity index (χ1) is 8.12. The molecule has 1 amide bonds. The highest BCUT2D eigenvalue weighted by atomic mass is 79.9. The van der Waals surface area contributed by atoms with Gasteiger partial charge in [0, 0.05) is 11.4 Å². The van der Waals surface area contributed by atoms with Crippen molar-refractivity contribution < 1.29 is 14.6 Å². The first-order valence-electron chi connectivity index (χ1n) is 5.36. The fourth-order valence-corrected chi connectivity index (χ4v) is 1.96. The fraction of sp³-hybridized carbons (Fsp3) is 0.417. The number of phenols is 1. The summed E-state index contributed by atoms with van der Waals surface area (Å²) < 4.78 is 5.02. The zero-order chi connectivity index (χ0) is 12.8. The summed E-state index contributed by atoms with van der Waals surface area (Å²) in [6.45, 7) is 1.98. The average Bonchev–Trinajstić information content (AvgIpc) is 2.36. The van der Waals surface area contributed by atoms with Crippen LogP contribution in [0.3, 0.4) is 0 Å². The SMILES string of the molecule is CCC(CBr)NC(=O)c1cc(OC)ccc1O. The predicted molar refractivity (Wildman–Crippen MR) is 70.0 cm³/mol. The lowest BCUT2D eigenvalue weighted by Gasteiger charge is -2.14. The van der Waals surface area contributed by atoms with Crippen molar-refractivity contribution in [2.75, 3.05) is 12.4 Å². The highest BCUT2D eigenvalue weighted by Gasteiger charge is 2.15. The topological polar surface area (TPSA) is 58.6 Å². The third kappa shape index (κ3) is 3.63. The van der Waals surface area contributed by atoms with Crippen molar-refractivity contribution in [3.05, 3.63) is 23.8 Å². The van der Waals surface area contributed by atoms with Gasteiger partial charge in [-0.25, -0.2) is 0 Å². The van der Waals surface area contributed by atoms with Crippen molar-refractivity contribution in [3.63, 3.8) is 0 Å². The number of aromatic hydroxyl groups is 1. The summed E-state index contributed by atoms with van der Waals surface area (Å²) in [5.74, 6) is 0.195. The molecule has 5 heteroatoms. The van der Waals surface area contributed by atoms with Crippen molar-refractivity contribution >= 4 is 21.8 Å². The highest BCUT2D eigenvalue weighted by molar-refractivity contribution is 9.09. The molecule has 0 saturated carbocycles. The molecule has 0 aromatic heterocycles. The number of phenolic OH excluding ortho intramolecular Hbond substituents is 1. The number of amides is 1. The van der Waals surface area contributed by atoms with E-state index in [0.717, 1.165) is 6.42 Å². The molecule has 0 aliphatic carbocycles. The van der Waals surface area contributed by atoms with Gasteiger partial charge in [0.15, 0.2) is 0 Å². The van der Waals surface area contributed by atoms with Crippen molar-refractivity contribution in [3.8, 4) is 11.5 Å². The molecule has 0 bridgehead atoms. The van der Waals surface area contributed by atoms with Gasteiger partial charge >= 0.3 is 0 Å². The molecule has 0 fully saturated rings. The predicted octanol–water partition coefficient (Wildman–Crippen LogP) is 2.30. The number of hydrogen-bond donors (Lipinski definition) is 2. The standard InChI is InChI=1S/C12H16BrNO3/c1-3-8(7-13)14-12(16)10-6-9(17-2)4-5-11(10)15/h4-6,8,15H,3,7H2,1-2H3,(H,14,16). The minimum atomic E-state index is -0.298. The van der Waals surface area contributed by atoms with E-state index in [0.29, 0.717) is 11.1 Å². The molecule has 0 heterocycles. The maximum absolute atomic E-state index is 11.9. The summed E-state index contributed by atoms with van der Waals surface area (Å²) in [6, 6.07) is 4.62. The van der Waals surface area contributed by atoms with Crippen LogP contribution in [0.1, 0.15) is 23.7 Å². The Labute approximate surface area is 109 Å². The molecular weight excluding hydrogens is 286 g/mol. The van der Waals surface area contributed by atoms with E-state index in [1.807, 2.05) is 6.92 Å². The molecule has 1 aromatic rings. The zero-order valence-electron chi connectivity index (χ0n) is 9.87. The Balaban J connectivity index is 2.87. The Hall–Kier alpha value is -1.23. The van der Waals surface area contributed by atoms with Gasteiger partial charge in [0.25, 0.3) is 5.91 Å². The normalized spacial score (nSPS) is 11.9. The molecule has 0 spiro atoms. The number of benzene rings is 1. The van der Waals surface area contributed by atoms with Crippen LogP contribution < -0.4 is 10.1 Å². The van der Waals surface area contributed by atoms with E-state index in [4.69, 9.17) is 4.74 Å². The van der Waals surface area contributed by atoms with E-state index < -0.39 is 0 Å². The van der Waals surface area contributed by atoms with Crippen molar-refractivity contribution in [1.29, 1.82) is 0 Å². The summed E-state index contributed by atoms with van der Waals surface area (Å²) in [5.41, 5.74) is 0.226. The Kier molecular flexibility index (Phi) is 5.28. The lowest BCUT2D eigenvalue weighted by Crippen LogP contribution is -2.35. The summed E-state index contributed by atoms with van der Waals surface area (Å²) in [4.78, 5) is 11.9. The van der Waals surface area contributed by atoms with Crippen molar-refractivity contribution in [2.45, 2.75) is 19.4 Å². The maximum Gasteiger partial charge on any atom is 0.255 e. The minimum Gasteiger partial charge on any atom is -0.507 e. The van der Waals surface area contributed by atoms with E-state index >= 15 is 0 Å². The van der Waals surface area contributed by atoms with Gasteiger partial charge in [0.1, 0.15) is 11.5 Å². The second-order valence-electron chi connectivity index (χ2n) is 3.62. The third-order valence-corrected chi connectivity index (χ3v) is 3.24. The van der Waals surface area contributed by atoms with Crippen LogP contribution in [0.2, 0.25) is 0 Å². The third-order valence-electron chi connectivity index (χ3n) is 2.46. The summed E-state index contributed by atoms with van der Waals surface area (Å²) in [5, 5.41) is 13.1. The maximum atomic E-state index is 11.9. The number of methoxy groups -OCH3 is 1. The molecule has 2 N–H and O–H groups in total. The van der Waals surface area contributed by atoms with Gasteiger partial charge in [-0.15, -0.1) is 0 Å². The number of nitrogens with one attached hydrogen (secondary N) is 1. The monoisotopic (exact) mass is 301 g/mol. The van der Waals surface area contributed by atoms with E-state index in [1.165, 1.54) is 19.2 Å². The number of alkyl halides is 1. The molecule has 17 heavy (non-hydrogen) atoms. The number of carbonyl (C=O) groups excluding carboxylic acids is 1. The zero-order valence-corrected chi connectivity index (χ0v) is 11.5. The van der Waals surface area contributed by atoms with Crippen LogP contribution in [0.25, 0.3) is 0 Å². The molecule has 1 rings (SSSR count). The van der Waals surface area contributed by atoms with Gasteiger partial charge in [-0.3, -0.25) is 4.79 Å². The van der Waals surface area contributed by atoms with Crippen LogP contribution >= 0.6 is 15.9 Å². The smallest absolute Gasteiger partial charge is 0.255 e. The number of ether oxygens (including phenoxy) is 1. The van der Waals surface area contributed by atoms with Crippen LogP contribution in [-0.2, 0) is 0 Å². The second kappa shape index (κ2) is 6.49. The molecule has 1 aromatic carbocycles. The molecule has 1 atom stereocenters. The highest BCUT2D eigenvalue weighted by Crippen LogP contribution is 2.22. The average molecular weight is 302 g/mol. The van der Waals surface area contributed by atoms with Crippen LogP contribution in [0.15, 0.2) is 18.2 Å². The van der Waals surface area contributed by atoms with E-state index in [9.17, 15) is 9.90 Å². The largest absolute Gasteiger partial charge is 0.507 e. The van der Waals surface area contributed by atoms with Crippen LogP contribution in [0.4, 0.5) is 0 Å². The molecular formula is C12H16BrNO3. The fourth-order valence-electron chi connectivity index (χ4n) is 1.34. The quantitative estimate of drug-likeness (QED) is 0.821. The van der Waals surface area contributed by atoms with Gasteiger partial charge in [0.2, 0.25) is 0 Å². The first-order valence-corrected chi connectivity index (χ1v) is 6.48. The summed E-state index contributed by atoms with van der Waals surface area (Å²) in [6.07, 6.45) is 0.821. The minimum absolute atomic E-state index is 0.0484. The molecule has 94 valence electrons. The molecule has 4 nitrogen and oxygen atoms in total. The lowest BCUT2D eigenvalue weighted by molar-refractivity contribution is 0.0937. The van der Waals surface area contributed by atoms with Gasteiger partial charge < -0.3 is 15.2 Å². The molecule has 0 aliphatic heterocycles. The number of rotatable bonds is 5. The van der Waals surface area contributed by atoms with Gasteiger partial charge in [-0.05, 0) is 24.6 Å². The van der Waals surface area contributed by atoms with Crippen LogP contribution in [0, 0.1) is 0 Å². The van der Waals surface area contributed by atoms with Crippen LogP contribution in [-0.4, -0.2) is 29.5 Å². The first kappa shape index (κ1) is 13.8. The molecule has 0 aliphatic rings. The number of carbonyl (C=O) groups is 1.